The molecule has 0 saturated heterocycles. The fourth-order valence-electron chi connectivity index (χ4n) is 1.54. The average Bonchev–Trinajstić information content (AvgIpc) is 2.33. The second-order valence-corrected chi connectivity index (χ2v) is 8.42. The Labute approximate surface area is 130 Å². The molecule has 0 bridgehead atoms. The Morgan fingerprint density at radius 2 is 1.76 bits per heavy atom. The normalized spacial score (nSPS) is 12.3. The Morgan fingerprint density at radius 3 is 2.29 bits per heavy atom. The number of thiocarbonyl (C=S) groups is 1. The molecule has 0 fully saturated rings. The molecule has 0 unspecified atom stereocenters. The zero-order chi connectivity index (χ0) is 16.3. The maximum absolute atomic E-state index is 12.2. The quantitative estimate of drug-likeness (QED) is 0.448. The molecule has 0 aliphatic rings. The molecule has 0 saturated carbocycles. The Hall–Kier alpha value is -1.07. The van der Waals surface area contributed by atoms with Crippen molar-refractivity contribution in [2.45, 2.75) is 11.8 Å². The molecule has 10 heteroatoms. The SMILES string of the molecule is Cc1ccc(C(N)=S)cc1S(=O)(=O)NCCNS(C)(=O)=O. The van der Waals surface area contributed by atoms with E-state index in [0.29, 0.717) is 11.1 Å². The summed E-state index contributed by atoms with van der Waals surface area (Å²) in [6, 6.07) is 4.64. The van der Waals surface area contributed by atoms with E-state index >= 15 is 0 Å². The van der Waals surface area contributed by atoms with E-state index < -0.39 is 20.0 Å². The summed E-state index contributed by atoms with van der Waals surface area (Å²) < 4.78 is 50.6. The number of nitrogens with one attached hydrogen (secondary N) is 2. The minimum Gasteiger partial charge on any atom is -0.389 e. The first kappa shape index (κ1) is 18.0. The van der Waals surface area contributed by atoms with Gasteiger partial charge < -0.3 is 5.73 Å². The van der Waals surface area contributed by atoms with Crippen molar-refractivity contribution in [2.75, 3.05) is 19.3 Å². The minimum absolute atomic E-state index is 0.0356. The molecule has 1 aromatic rings. The predicted octanol–water partition coefficient (Wildman–Crippen LogP) is -0.543. The van der Waals surface area contributed by atoms with E-state index in [9.17, 15) is 16.8 Å². The van der Waals surface area contributed by atoms with E-state index in [2.05, 4.69) is 9.44 Å². The molecule has 0 aromatic heterocycles. The van der Waals surface area contributed by atoms with Gasteiger partial charge in [0.15, 0.2) is 0 Å². The summed E-state index contributed by atoms with van der Waals surface area (Å²) in [5.41, 5.74) is 6.47. The Bertz CT molecular complexity index is 742. The van der Waals surface area contributed by atoms with Gasteiger partial charge in [0.25, 0.3) is 0 Å². The summed E-state index contributed by atoms with van der Waals surface area (Å²) in [6.45, 7) is 1.55. The lowest BCUT2D eigenvalue weighted by Crippen LogP contribution is -2.34. The van der Waals surface area contributed by atoms with Crippen molar-refractivity contribution < 1.29 is 16.8 Å². The van der Waals surface area contributed by atoms with Gasteiger partial charge >= 0.3 is 0 Å². The molecule has 1 aromatic carbocycles. The monoisotopic (exact) mass is 351 g/mol. The average molecular weight is 351 g/mol. The van der Waals surface area contributed by atoms with Crippen molar-refractivity contribution in [1.29, 1.82) is 0 Å². The third-order valence-corrected chi connectivity index (χ3v) is 5.11. The van der Waals surface area contributed by atoms with Crippen molar-refractivity contribution in [2.24, 2.45) is 5.73 Å². The molecule has 7 nitrogen and oxygen atoms in total. The lowest BCUT2D eigenvalue weighted by Gasteiger charge is -2.11. The van der Waals surface area contributed by atoms with Crippen LogP contribution in [0.5, 0.6) is 0 Å². The van der Waals surface area contributed by atoms with Crippen LogP contribution in [0, 0.1) is 6.92 Å². The zero-order valence-corrected chi connectivity index (χ0v) is 14.0. The van der Waals surface area contributed by atoms with Crippen LogP contribution < -0.4 is 15.2 Å². The summed E-state index contributed by atoms with van der Waals surface area (Å²) in [6.07, 6.45) is 0.997. The topological polar surface area (TPSA) is 118 Å². The van der Waals surface area contributed by atoms with Gasteiger partial charge in [0, 0.05) is 18.7 Å². The molecule has 0 amide bonds. The number of hydrogen-bond acceptors (Lipinski definition) is 5. The summed E-state index contributed by atoms with van der Waals surface area (Å²) in [5.74, 6) is 0. The molecule has 0 spiro atoms. The van der Waals surface area contributed by atoms with Crippen molar-refractivity contribution in [3.8, 4) is 0 Å². The molecular weight excluding hydrogens is 334 g/mol. The van der Waals surface area contributed by atoms with E-state index in [1.54, 1.807) is 19.1 Å². The Kier molecular flexibility index (Phi) is 5.82. The highest BCUT2D eigenvalue weighted by Crippen LogP contribution is 2.16. The number of aryl methyl sites for hydroxylation is 1. The largest absolute Gasteiger partial charge is 0.389 e. The zero-order valence-electron chi connectivity index (χ0n) is 11.6. The first-order chi connectivity index (χ1) is 9.53. The van der Waals surface area contributed by atoms with Gasteiger partial charge in [0.2, 0.25) is 20.0 Å². The van der Waals surface area contributed by atoms with Crippen molar-refractivity contribution in [3.63, 3.8) is 0 Å². The molecular formula is C11H17N3O4S3. The summed E-state index contributed by atoms with van der Waals surface area (Å²) in [7, 11) is -7.12. The van der Waals surface area contributed by atoms with Gasteiger partial charge in [0.1, 0.15) is 4.99 Å². The maximum atomic E-state index is 12.2. The van der Waals surface area contributed by atoms with Crippen LogP contribution in [0.25, 0.3) is 0 Å². The highest BCUT2D eigenvalue weighted by Gasteiger charge is 2.17. The highest BCUT2D eigenvalue weighted by atomic mass is 32.2. The van der Waals surface area contributed by atoms with Crippen molar-refractivity contribution in [1.82, 2.24) is 9.44 Å². The van der Waals surface area contributed by atoms with E-state index in [-0.39, 0.29) is 23.0 Å². The molecule has 4 N–H and O–H groups in total. The van der Waals surface area contributed by atoms with Gasteiger partial charge in [0.05, 0.1) is 11.2 Å². The second-order valence-electron chi connectivity index (χ2n) is 4.41. The molecule has 21 heavy (non-hydrogen) atoms. The molecule has 118 valence electrons. The molecule has 1 rings (SSSR count). The number of rotatable bonds is 7. The minimum atomic E-state index is -3.76. The summed E-state index contributed by atoms with van der Waals surface area (Å²) in [4.78, 5) is 0.164. The molecule has 0 radical (unpaired) electrons. The summed E-state index contributed by atoms with van der Waals surface area (Å²) >= 11 is 4.82. The van der Waals surface area contributed by atoms with Gasteiger partial charge in [-0.3, -0.25) is 0 Å². The Balaban J connectivity index is 2.88. The summed E-state index contributed by atoms with van der Waals surface area (Å²) in [5, 5.41) is 0. The van der Waals surface area contributed by atoms with Gasteiger partial charge in [-0.1, -0.05) is 24.4 Å². The van der Waals surface area contributed by atoms with E-state index in [4.69, 9.17) is 18.0 Å². The van der Waals surface area contributed by atoms with E-state index in [0.717, 1.165) is 6.26 Å². The standard InChI is InChI=1S/C11H17N3O4S3/c1-8-3-4-9(11(12)19)7-10(8)21(17,18)14-6-5-13-20(2,15)16/h3-4,7,13-14H,5-6H2,1-2H3,(H2,12,19). The molecule has 0 aliphatic carbocycles. The van der Waals surface area contributed by atoms with Crippen LogP contribution in [0.3, 0.4) is 0 Å². The number of sulfonamides is 2. The molecule has 0 atom stereocenters. The molecule has 0 aliphatic heterocycles. The van der Waals surface area contributed by atoms with Crippen LogP contribution in [0.15, 0.2) is 23.1 Å². The smallest absolute Gasteiger partial charge is 0.240 e. The van der Waals surface area contributed by atoms with Gasteiger partial charge in [-0.05, 0) is 18.6 Å². The van der Waals surface area contributed by atoms with Crippen LogP contribution >= 0.6 is 12.2 Å². The van der Waals surface area contributed by atoms with E-state index in [1.807, 2.05) is 0 Å². The van der Waals surface area contributed by atoms with Crippen molar-refractivity contribution in [3.05, 3.63) is 29.3 Å². The molecule has 0 heterocycles. The fraction of sp³-hybridized carbons (Fsp3) is 0.364. The third kappa shape index (κ3) is 5.67. The van der Waals surface area contributed by atoms with Crippen LogP contribution in [0.2, 0.25) is 0 Å². The van der Waals surface area contributed by atoms with Gasteiger partial charge in [-0.25, -0.2) is 26.3 Å². The maximum Gasteiger partial charge on any atom is 0.240 e. The second kappa shape index (κ2) is 6.79. The van der Waals surface area contributed by atoms with Crippen LogP contribution in [0.1, 0.15) is 11.1 Å². The predicted molar refractivity (Wildman–Crippen MR) is 85.1 cm³/mol. The Morgan fingerprint density at radius 1 is 1.19 bits per heavy atom. The third-order valence-electron chi connectivity index (χ3n) is 2.54. The van der Waals surface area contributed by atoms with Crippen molar-refractivity contribution >= 4 is 37.3 Å². The number of hydrogen-bond donors (Lipinski definition) is 3. The first-order valence-electron chi connectivity index (χ1n) is 5.88. The van der Waals surface area contributed by atoms with E-state index in [1.165, 1.54) is 6.07 Å². The number of benzene rings is 1. The van der Waals surface area contributed by atoms with Gasteiger partial charge in [-0.15, -0.1) is 0 Å². The fourth-order valence-corrected chi connectivity index (χ4v) is 3.44. The van der Waals surface area contributed by atoms with Crippen LogP contribution in [-0.4, -0.2) is 41.2 Å². The van der Waals surface area contributed by atoms with Gasteiger partial charge in [-0.2, -0.15) is 0 Å². The van der Waals surface area contributed by atoms with Crippen LogP contribution in [0.4, 0.5) is 0 Å². The lowest BCUT2D eigenvalue weighted by atomic mass is 10.1. The first-order valence-corrected chi connectivity index (χ1v) is 9.66. The lowest BCUT2D eigenvalue weighted by molar-refractivity contribution is 0.573. The number of nitrogens with two attached hydrogens (primary N) is 1. The van der Waals surface area contributed by atoms with Crippen LogP contribution in [-0.2, 0) is 20.0 Å². The highest BCUT2D eigenvalue weighted by molar-refractivity contribution is 7.89.